The molecular formula is C26H28FN5O3. The van der Waals surface area contributed by atoms with Gasteiger partial charge in [0.25, 0.3) is 5.91 Å². The maximum Gasteiger partial charge on any atom is 0.257 e. The fourth-order valence-corrected chi connectivity index (χ4v) is 4.32. The first-order valence-corrected chi connectivity index (χ1v) is 11.4. The van der Waals surface area contributed by atoms with Crippen molar-refractivity contribution in [1.29, 1.82) is 0 Å². The van der Waals surface area contributed by atoms with E-state index in [2.05, 4.69) is 23.8 Å². The Labute approximate surface area is 202 Å². The molecule has 0 aliphatic carbocycles. The number of carbonyl (C=O) groups excluding carboxylic acids is 1. The van der Waals surface area contributed by atoms with Crippen LogP contribution in [-0.4, -0.2) is 52.0 Å². The summed E-state index contributed by atoms with van der Waals surface area (Å²) in [6.07, 6.45) is 3.14. The van der Waals surface area contributed by atoms with Gasteiger partial charge in [-0.2, -0.15) is 0 Å². The van der Waals surface area contributed by atoms with Gasteiger partial charge >= 0.3 is 0 Å². The molecule has 2 N–H and O–H groups in total. The third-order valence-electron chi connectivity index (χ3n) is 6.39. The number of ether oxygens (including phenoxy) is 2. The number of carbonyl (C=O) groups is 1. The van der Waals surface area contributed by atoms with Crippen molar-refractivity contribution in [3.8, 4) is 5.75 Å². The molecule has 4 heterocycles. The van der Waals surface area contributed by atoms with Gasteiger partial charge in [-0.05, 0) is 24.6 Å². The summed E-state index contributed by atoms with van der Waals surface area (Å²) in [6, 6.07) is 8.30. The second-order valence-electron chi connectivity index (χ2n) is 9.91. The molecule has 1 amide bonds. The lowest BCUT2D eigenvalue weighted by Gasteiger charge is -2.33. The zero-order valence-corrected chi connectivity index (χ0v) is 20.2. The van der Waals surface area contributed by atoms with Crippen LogP contribution in [0.25, 0.3) is 16.6 Å². The first-order chi connectivity index (χ1) is 16.6. The molecule has 1 atom stereocenters. The monoisotopic (exact) mass is 477 g/mol. The highest BCUT2D eigenvalue weighted by molar-refractivity contribution is 5.98. The first kappa shape index (κ1) is 23.0. The van der Waals surface area contributed by atoms with Crippen LogP contribution in [0.1, 0.15) is 41.4 Å². The number of aromatic nitrogens is 3. The number of nitrogen functional groups attached to an aromatic ring is 1. The van der Waals surface area contributed by atoms with Crippen molar-refractivity contribution in [2.75, 3.05) is 32.6 Å². The van der Waals surface area contributed by atoms with E-state index in [0.717, 1.165) is 30.1 Å². The van der Waals surface area contributed by atoms with Gasteiger partial charge in [0.2, 0.25) is 0 Å². The van der Waals surface area contributed by atoms with E-state index in [4.69, 9.17) is 15.2 Å². The summed E-state index contributed by atoms with van der Waals surface area (Å²) in [7, 11) is 1.66. The molecule has 2 aromatic heterocycles. The molecule has 2 aliphatic heterocycles. The number of amides is 1. The number of nitrogens with zero attached hydrogens (tertiary/aromatic N) is 4. The minimum atomic E-state index is -0.649. The number of anilines is 1. The van der Waals surface area contributed by atoms with Gasteiger partial charge in [0, 0.05) is 24.1 Å². The number of halogens is 1. The van der Waals surface area contributed by atoms with Crippen molar-refractivity contribution in [3.63, 3.8) is 0 Å². The van der Waals surface area contributed by atoms with E-state index in [1.54, 1.807) is 24.0 Å². The van der Waals surface area contributed by atoms with Gasteiger partial charge in [0.15, 0.2) is 0 Å². The molecule has 0 spiro atoms. The van der Waals surface area contributed by atoms with Crippen molar-refractivity contribution >= 4 is 28.3 Å². The third kappa shape index (κ3) is 4.16. The highest BCUT2D eigenvalue weighted by Gasteiger charge is 2.32. The summed E-state index contributed by atoms with van der Waals surface area (Å²) in [5, 5.41) is 0. The molecule has 1 fully saturated rings. The summed E-state index contributed by atoms with van der Waals surface area (Å²) in [6.45, 7) is 8.63. The molecule has 9 heteroatoms. The second kappa shape index (κ2) is 8.49. The molecule has 2 aliphatic rings. The van der Waals surface area contributed by atoms with E-state index in [9.17, 15) is 9.18 Å². The Hall–Kier alpha value is -3.72. The number of aryl methyl sites for hydroxylation is 1. The summed E-state index contributed by atoms with van der Waals surface area (Å²) in [5.41, 5.74) is 9.89. The fourth-order valence-electron chi connectivity index (χ4n) is 4.32. The van der Waals surface area contributed by atoms with Crippen LogP contribution in [0.4, 0.5) is 10.2 Å². The van der Waals surface area contributed by atoms with Gasteiger partial charge in [-0.15, -0.1) is 0 Å². The molecule has 182 valence electrons. The molecule has 4 aromatic rings. The minimum absolute atomic E-state index is 0.0397. The van der Waals surface area contributed by atoms with E-state index < -0.39 is 11.7 Å². The van der Waals surface area contributed by atoms with E-state index in [0.29, 0.717) is 28.6 Å². The molecule has 0 radical (unpaired) electrons. The Kier molecular flexibility index (Phi) is 5.59. The number of rotatable bonds is 2. The predicted molar refractivity (Wildman–Crippen MR) is 131 cm³/mol. The van der Waals surface area contributed by atoms with Gasteiger partial charge in [-0.1, -0.05) is 26.0 Å². The standard InChI is InChI=1S/C21H18FN5O2.C5H10O/c1-11-3-4-12-18(9-29-19(12)5-11)26(2)21(28)13-6-16-15(7-14(13)22)25-20(23)17-8-24-10-27(16)17;1-5(2)3-6-4-5/h3-8,10,18H,9H2,1-2H3,(H2,23,25);3-4H2,1-2H3. The van der Waals surface area contributed by atoms with Crippen LogP contribution in [-0.2, 0) is 4.74 Å². The summed E-state index contributed by atoms with van der Waals surface area (Å²) in [4.78, 5) is 23.0. The first-order valence-electron chi connectivity index (χ1n) is 11.4. The van der Waals surface area contributed by atoms with Crippen molar-refractivity contribution < 1.29 is 18.7 Å². The number of fused-ring (bicyclic) bond motifs is 4. The summed E-state index contributed by atoms with van der Waals surface area (Å²) >= 11 is 0. The Morgan fingerprint density at radius 3 is 2.66 bits per heavy atom. The number of benzene rings is 2. The molecular weight excluding hydrogens is 449 g/mol. The van der Waals surface area contributed by atoms with Gasteiger partial charge in [0.05, 0.1) is 48.4 Å². The quantitative estimate of drug-likeness (QED) is 0.466. The van der Waals surface area contributed by atoms with Crippen LogP contribution >= 0.6 is 0 Å². The number of hydrogen-bond donors (Lipinski definition) is 1. The number of likely N-dealkylation sites (N-methyl/N-ethyl adjacent to an activating group) is 1. The zero-order valence-electron chi connectivity index (χ0n) is 20.2. The van der Waals surface area contributed by atoms with Crippen LogP contribution in [0.2, 0.25) is 0 Å². The van der Waals surface area contributed by atoms with E-state index >= 15 is 0 Å². The van der Waals surface area contributed by atoms with Gasteiger partial charge in [-0.25, -0.2) is 14.4 Å². The molecule has 2 aromatic carbocycles. The van der Waals surface area contributed by atoms with E-state index in [1.807, 2.05) is 25.1 Å². The van der Waals surface area contributed by atoms with Crippen LogP contribution < -0.4 is 10.5 Å². The highest BCUT2D eigenvalue weighted by Crippen LogP contribution is 2.37. The molecule has 0 saturated carbocycles. The number of nitrogens with two attached hydrogens (primary N) is 1. The maximum atomic E-state index is 14.8. The SMILES string of the molecule is CC1(C)COC1.Cc1ccc2c(c1)OCC2N(C)C(=O)c1cc2c(cc1F)nc(N)c1cncn12. The average molecular weight is 478 g/mol. The smallest absolute Gasteiger partial charge is 0.257 e. The van der Waals surface area contributed by atoms with Gasteiger partial charge in [0.1, 0.15) is 29.5 Å². The topological polar surface area (TPSA) is 95.0 Å². The van der Waals surface area contributed by atoms with Gasteiger partial charge < -0.3 is 20.1 Å². The highest BCUT2D eigenvalue weighted by atomic mass is 19.1. The Morgan fingerprint density at radius 1 is 1.23 bits per heavy atom. The summed E-state index contributed by atoms with van der Waals surface area (Å²) < 4.78 is 27.2. The zero-order chi connectivity index (χ0) is 24.9. The lowest BCUT2D eigenvalue weighted by molar-refractivity contribution is -0.0892. The lowest BCUT2D eigenvalue weighted by Crippen LogP contribution is -2.36. The van der Waals surface area contributed by atoms with Crippen molar-refractivity contribution in [1.82, 2.24) is 19.3 Å². The number of imidazole rings is 1. The Balaban J connectivity index is 0.000000371. The fraction of sp³-hybridized carbons (Fsp3) is 0.346. The van der Waals surface area contributed by atoms with Crippen molar-refractivity contribution in [3.05, 3.63) is 65.4 Å². The van der Waals surface area contributed by atoms with Gasteiger partial charge in [-0.3, -0.25) is 9.20 Å². The molecule has 1 saturated heterocycles. The van der Waals surface area contributed by atoms with Crippen LogP contribution in [0.3, 0.4) is 0 Å². The second-order valence-corrected chi connectivity index (χ2v) is 9.91. The normalized spacial score (nSPS) is 17.8. The molecule has 8 nitrogen and oxygen atoms in total. The van der Waals surface area contributed by atoms with Crippen molar-refractivity contribution in [2.24, 2.45) is 5.41 Å². The molecule has 35 heavy (non-hydrogen) atoms. The van der Waals surface area contributed by atoms with Crippen LogP contribution in [0.15, 0.2) is 42.9 Å². The molecule has 1 unspecified atom stereocenters. The maximum absolute atomic E-state index is 14.8. The number of hydrogen-bond acceptors (Lipinski definition) is 6. The van der Waals surface area contributed by atoms with E-state index in [1.165, 1.54) is 17.0 Å². The molecule has 6 rings (SSSR count). The predicted octanol–water partition coefficient (Wildman–Crippen LogP) is 4.16. The molecule has 0 bridgehead atoms. The summed E-state index contributed by atoms with van der Waals surface area (Å²) in [5.74, 6) is -0.0747. The van der Waals surface area contributed by atoms with Crippen LogP contribution in [0.5, 0.6) is 5.75 Å². The van der Waals surface area contributed by atoms with Crippen LogP contribution in [0, 0.1) is 18.2 Å². The Morgan fingerprint density at radius 2 is 1.97 bits per heavy atom. The third-order valence-corrected chi connectivity index (χ3v) is 6.39. The van der Waals surface area contributed by atoms with E-state index in [-0.39, 0.29) is 17.4 Å². The minimum Gasteiger partial charge on any atom is -0.491 e. The Bertz CT molecular complexity index is 1440. The largest absolute Gasteiger partial charge is 0.491 e. The average Bonchev–Trinajstić information content (AvgIpc) is 3.45. The van der Waals surface area contributed by atoms with Crippen molar-refractivity contribution in [2.45, 2.75) is 26.8 Å². The lowest BCUT2D eigenvalue weighted by atomic mass is 9.92.